The lowest BCUT2D eigenvalue weighted by Gasteiger charge is -2.17. The minimum atomic E-state index is -0.887. The minimum Gasteiger partial charge on any atom is -0.389 e. The first-order valence-electron chi connectivity index (χ1n) is 8.06. The molecule has 1 aliphatic rings. The molecule has 0 aliphatic carbocycles. The quantitative estimate of drug-likeness (QED) is 0.576. The second kappa shape index (κ2) is 6.99. The predicted octanol–water partition coefficient (Wildman–Crippen LogP) is 1.76. The summed E-state index contributed by atoms with van der Waals surface area (Å²) in [7, 11) is 0. The fraction of sp³-hybridized carbons (Fsp3) is 0.375. The van der Waals surface area contributed by atoms with Gasteiger partial charge in [0, 0.05) is 24.2 Å². The van der Waals surface area contributed by atoms with E-state index >= 15 is 0 Å². The van der Waals surface area contributed by atoms with E-state index in [2.05, 4.69) is 25.3 Å². The number of thioether (sulfide) groups is 1. The molecule has 4 heterocycles. The zero-order valence-electron chi connectivity index (χ0n) is 13.9. The maximum Gasteiger partial charge on any atom is 0.226 e. The lowest BCUT2D eigenvalue weighted by atomic mass is 10.2. The molecule has 1 aliphatic heterocycles. The zero-order chi connectivity index (χ0) is 18.3. The highest BCUT2D eigenvalue weighted by Gasteiger charge is 2.36. The van der Waals surface area contributed by atoms with Gasteiger partial charge in [0.05, 0.1) is 12.4 Å². The highest BCUT2D eigenvalue weighted by atomic mass is 35.5. The van der Waals surface area contributed by atoms with E-state index in [9.17, 15) is 10.2 Å². The van der Waals surface area contributed by atoms with Gasteiger partial charge in [0.2, 0.25) is 5.28 Å². The predicted molar refractivity (Wildman–Crippen MR) is 100 cm³/mol. The summed E-state index contributed by atoms with van der Waals surface area (Å²) in [6, 6.07) is 3.91. The average molecular weight is 393 g/mol. The molecule has 3 aromatic rings. The van der Waals surface area contributed by atoms with Crippen LogP contribution in [0.3, 0.4) is 0 Å². The Morgan fingerprint density at radius 2 is 2.19 bits per heavy atom. The van der Waals surface area contributed by atoms with Crippen LogP contribution in [0.1, 0.15) is 16.6 Å². The Morgan fingerprint density at radius 3 is 2.92 bits per heavy atom. The largest absolute Gasteiger partial charge is 0.389 e. The highest BCUT2D eigenvalue weighted by Crippen LogP contribution is 2.38. The first-order chi connectivity index (χ1) is 12.5. The Balaban J connectivity index is 1.66. The van der Waals surface area contributed by atoms with Gasteiger partial charge in [-0.1, -0.05) is 0 Å². The van der Waals surface area contributed by atoms with Crippen molar-refractivity contribution in [3.8, 4) is 0 Å². The van der Waals surface area contributed by atoms with Gasteiger partial charge in [-0.05, 0) is 36.2 Å². The molecule has 0 amide bonds. The topological polar surface area (TPSA) is 109 Å². The molecular weight excluding hydrogens is 376 g/mol. The second-order valence-electron chi connectivity index (χ2n) is 6.11. The number of aliphatic hydroxyl groups is 2. The number of aliphatic hydroxyl groups excluding tert-OH is 2. The lowest BCUT2D eigenvalue weighted by Crippen LogP contribution is -2.27. The molecular formula is C16H17ClN6O2S. The van der Waals surface area contributed by atoms with E-state index in [-0.39, 0.29) is 10.7 Å². The van der Waals surface area contributed by atoms with Crippen molar-refractivity contribution >= 4 is 40.3 Å². The van der Waals surface area contributed by atoms with Crippen LogP contribution in [0.25, 0.3) is 11.2 Å². The molecule has 136 valence electrons. The van der Waals surface area contributed by atoms with Crippen LogP contribution >= 0.6 is 23.4 Å². The van der Waals surface area contributed by atoms with Crippen LogP contribution in [-0.4, -0.2) is 52.7 Å². The number of hydrogen-bond donors (Lipinski definition) is 3. The third kappa shape index (κ3) is 3.23. The Morgan fingerprint density at radius 1 is 1.35 bits per heavy atom. The maximum absolute atomic E-state index is 10.2. The van der Waals surface area contributed by atoms with Crippen LogP contribution in [0.15, 0.2) is 24.7 Å². The number of pyridine rings is 1. The van der Waals surface area contributed by atoms with Crippen molar-refractivity contribution in [2.24, 2.45) is 0 Å². The molecule has 10 heteroatoms. The summed E-state index contributed by atoms with van der Waals surface area (Å²) < 4.78 is 1.73. The van der Waals surface area contributed by atoms with Crippen LogP contribution in [0, 0.1) is 6.92 Å². The summed E-state index contributed by atoms with van der Waals surface area (Å²) in [6.07, 6.45) is 1.69. The number of fused-ring (bicyclic) bond motifs is 1. The van der Waals surface area contributed by atoms with Crippen molar-refractivity contribution in [2.75, 3.05) is 11.1 Å². The number of nitrogens with one attached hydrogen (secondary N) is 1. The summed E-state index contributed by atoms with van der Waals surface area (Å²) >= 11 is 7.55. The first-order valence-corrected chi connectivity index (χ1v) is 9.49. The summed E-state index contributed by atoms with van der Waals surface area (Å²) in [4.78, 5) is 17.1. The van der Waals surface area contributed by atoms with Crippen molar-refractivity contribution in [3.05, 3.63) is 41.2 Å². The van der Waals surface area contributed by atoms with E-state index in [4.69, 9.17) is 11.6 Å². The van der Waals surface area contributed by atoms with E-state index in [1.165, 1.54) is 11.8 Å². The van der Waals surface area contributed by atoms with Crippen LogP contribution < -0.4 is 5.32 Å². The van der Waals surface area contributed by atoms with Crippen molar-refractivity contribution in [2.45, 2.75) is 31.1 Å². The van der Waals surface area contributed by atoms with Crippen LogP contribution in [0.2, 0.25) is 5.28 Å². The van der Waals surface area contributed by atoms with E-state index < -0.39 is 12.2 Å². The van der Waals surface area contributed by atoms with Crippen LogP contribution in [-0.2, 0) is 6.54 Å². The number of anilines is 1. The van der Waals surface area contributed by atoms with Gasteiger partial charge in [-0.25, -0.2) is 4.98 Å². The lowest BCUT2D eigenvalue weighted by molar-refractivity contribution is 0.0313. The standard InChI is InChI=1S/C16H17ClN6O2S/c1-8-4-9(2-3-18-8)5-19-13-11-14(22-16(17)21-13)23(7-20-11)15-12(25)10(24)6-26-15/h2-4,7,10,12,15,24-25H,5-6H2,1H3,(H,19,21,22)/t10-,12-,15-/m1/s1. The monoisotopic (exact) mass is 392 g/mol. The van der Waals surface area contributed by atoms with E-state index in [1.54, 1.807) is 17.1 Å². The molecule has 1 saturated heterocycles. The summed E-state index contributed by atoms with van der Waals surface area (Å²) in [5.74, 6) is 0.975. The molecule has 3 N–H and O–H groups in total. The van der Waals surface area contributed by atoms with E-state index in [0.717, 1.165) is 11.3 Å². The van der Waals surface area contributed by atoms with Gasteiger partial charge >= 0.3 is 0 Å². The molecule has 0 unspecified atom stereocenters. The van der Waals surface area contributed by atoms with Crippen molar-refractivity contribution in [3.63, 3.8) is 0 Å². The maximum atomic E-state index is 10.2. The number of imidazole rings is 1. The number of rotatable bonds is 4. The van der Waals surface area contributed by atoms with Gasteiger partial charge in [-0.15, -0.1) is 11.8 Å². The zero-order valence-corrected chi connectivity index (χ0v) is 15.4. The third-order valence-corrected chi connectivity index (χ3v) is 5.76. The number of aromatic nitrogens is 5. The summed E-state index contributed by atoms with van der Waals surface area (Å²) in [5, 5.41) is 23.0. The molecule has 0 radical (unpaired) electrons. The van der Waals surface area contributed by atoms with Crippen molar-refractivity contribution in [1.82, 2.24) is 24.5 Å². The van der Waals surface area contributed by atoms with Crippen LogP contribution in [0.5, 0.6) is 0 Å². The van der Waals surface area contributed by atoms with Crippen molar-refractivity contribution in [1.29, 1.82) is 0 Å². The van der Waals surface area contributed by atoms with Gasteiger partial charge in [0.25, 0.3) is 0 Å². The fourth-order valence-corrected chi connectivity index (χ4v) is 4.38. The Labute approximate surface area is 158 Å². The van der Waals surface area contributed by atoms with Gasteiger partial charge in [-0.2, -0.15) is 9.97 Å². The van der Waals surface area contributed by atoms with E-state index in [0.29, 0.717) is 29.3 Å². The minimum absolute atomic E-state index is 0.0886. The van der Waals surface area contributed by atoms with Crippen LogP contribution in [0.4, 0.5) is 5.82 Å². The first kappa shape index (κ1) is 17.5. The fourth-order valence-electron chi connectivity index (χ4n) is 2.93. The average Bonchev–Trinajstić information content (AvgIpc) is 3.17. The summed E-state index contributed by atoms with van der Waals surface area (Å²) in [6.45, 7) is 2.47. The SMILES string of the molecule is Cc1cc(CNc2nc(Cl)nc3c2ncn3[C@@H]2SC[C@@H](O)[C@H]2O)ccn1. The Kier molecular flexibility index (Phi) is 4.70. The molecule has 8 nitrogen and oxygen atoms in total. The number of hydrogen-bond acceptors (Lipinski definition) is 8. The Hall–Kier alpha value is -1.94. The number of aryl methyl sites for hydroxylation is 1. The third-order valence-electron chi connectivity index (χ3n) is 4.21. The van der Waals surface area contributed by atoms with Gasteiger partial charge in [0.15, 0.2) is 17.0 Å². The Bertz CT molecular complexity index is 952. The van der Waals surface area contributed by atoms with Gasteiger partial charge < -0.3 is 15.5 Å². The van der Waals surface area contributed by atoms with Gasteiger partial charge in [0.1, 0.15) is 11.5 Å². The molecule has 0 bridgehead atoms. The highest BCUT2D eigenvalue weighted by molar-refractivity contribution is 7.99. The molecule has 3 atom stereocenters. The van der Waals surface area contributed by atoms with E-state index in [1.807, 2.05) is 19.1 Å². The van der Waals surface area contributed by atoms with Crippen molar-refractivity contribution < 1.29 is 10.2 Å². The smallest absolute Gasteiger partial charge is 0.226 e. The van der Waals surface area contributed by atoms with Gasteiger partial charge in [-0.3, -0.25) is 9.55 Å². The molecule has 3 aromatic heterocycles. The molecule has 4 rings (SSSR count). The molecule has 0 saturated carbocycles. The molecule has 1 fully saturated rings. The second-order valence-corrected chi connectivity index (χ2v) is 7.59. The molecule has 0 aromatic carbocycles. The summed E-state index contributed by atoms with van der Waals surface area (Å²) in [5.41, 5.74) is 3.08. The number of nitrogens with zero attached hydrogens (tertiary/aromatic N) is 5. The molecule has 26 heavy (non-hydrogen) atoms. The number of halogens is 1. The molecule has 0 spiro atoms. The normalized spacial score (nSPS) is 22.8.